The number of non-ortho nitro benzene ring substituents is 1. The van der Waals surface area contributed by atoms with Gasteiger partial charge in [-0.15, -0.1) is 0 Å². The van der Waals surface area contributed by atoms with E-state index in [4.69, 9.17) is 0 Å². The number of nitro benzene ring substituents is 2. The summed E-state index contributed by atoms with van der Waals surface area (Å²) in [4.78, 5) is 20.2. The van der Waals surface area contributed by atoms with E-state index in [1.54, 1.807) is 0 Å². The first-order valence-electron chi connectivity index (χ1n) is 5.95. The van der Waals surface area contributed by atoms with Gasteiger partial charge in [-0.25, -0.2) is 0 Å². The molecule has 0 atom stereocenters. The smallest absolute Gasteiger partial charge is 0.272 e. The highest BCUT2D eigenvalue weighted by molar-refractivity contribution is 14.1. The Morgan fingerprint density at radius 1 is 1.05 bits per heavy atom. The van der Waals surface area contributed by atoms with Crippen molar-refractivity contribution < 1.29 is 9.85 Å². The number of rotatable bonds is 5. The molecule has 0 aliphatic carbocycles. The number of anilines is 1. The van der Waals surface area contributed by atoms with Crippen LogP contribution in [0.4, 0.5) is 17.1 Å². The molecule has 0 bridgehead atoms. The Morgan fingerprint density at radius 3 is 2.32 bits per heavy atom. The summed E-state index contributed by atoms with van der Waals surface area (Å²) in [5, 5.41) is 25.5. The molecule has 0 saturated heterocycles. The molecule has 1 N–H and O–H groups in total. The molecule has 2 rings (SSSR count). The molecular weight excluding hydrogens is 403 g/mol. The van der Waals surface area contributed by atoms with Gasteiger partial charge in [0.25, 0.3) is 5.69 Å². The van der Waals surface area contributed by atoms with Crippen LogP contribution in [0.3, 0.4) is 0 Å². The Hall–Kier alpha value is -2.56. The van der Waals surface area contributed by atoms with Crippen LogP contribution >= 0.6 is 22.6 Å². The van der Waals surface area contributed by atoms with Gasteiger partial charge in [0.05, 0.1) is 22.1 Å². The predicted molar refractivity (Wildman–Crippen MR) is 90.1 cm³/mol. The zero-order chi connectivity index (χ0) is 16.1. The average Bonchev–Trinajstić information content (AvgIpc) is 2.49. The molecule has 0 aromatic heterocycles. The van der Waals surface area contributed by atoms with Crippen molar-refractivity contribution >= 4 is 45.9 Å². The molecule has 0 fully saturated rings. The van der Waals surface area contributed by atoms with Gasteiger partial charge in [0.2, 0.25) is 0 Å². The van der Waals surface area contributed by atoms with Gasteiger partial charge in [0.1, 0.15) is 5.69 Å². The lowest BCUT2D eigenvalue weighted by Gasteiger charge is -2.02. The van der Waals surface area contributed by atoms with Crippen molar-refractivity contribution in [3.63, 3.8) is 0 Å². The zero-order valence-corrected chi connectivity index (χ0v) is 13.1. The summed E-state index contributed by atoms with van der Waals surface area (Å²) < 4.78 is 1.08. The third-order valence-corrected chi connectivity index (χ3v) is 3.38. The highest BCUT2D eigenvalue weighted by atomic mass is 127. The van der Waals surface area contributed by atoms with Crippen LogP contribution in [0.2, 0.25) is 0 Å². The summed E-state index contributed by atoms with van der Waals surface area (Å²) in [7, 11) is 0. The van der Waals surface area contributed by atoms with Crippen LogP contribution in [0.15, 0.2) is 47.6 Å². The van der Waals surface area contributed by atoms with Gasteiger partial charge < -0.3 is 0 Å². The van der Waals surface area contributed by atoms with Crippen molar-refractivity contribution in [2.45, 2.75) is 0 Å². The highest BCUT2D eigenvalue weighted by Gasteiger charge is 2.18. The highest BCUT2D eigenvalue weighted by Crippen LogP contribution is 2.28. The van der Waals surface area contributed by atoms with Gasteiger partial charge in [0.15, 0.2) is 0 Å². The molecule has 0 aliphatic heterocycles. The minimum atomic E-state index is -0.699. The molecule has 2 aromatic carbocycles. The van der Waals surface area contributed by atoms with Crippen molar-refractivity contribution in [2.75, 3.05) is 5.43 Å². The van der Waals surface area contributed by atoms with Gasteiger partial charge in [0, 0.05) is 9.64 Å². The number of nitrogens with zero attached hydrogens (tertiary/aromatic N) is 3. The molecule has 0 spiro atoms. The fourth-order valence-corrected chi connectivity index (χ4v) is 1.96. The molecule has 9 heteroatoms. The lowest BCUT2D eigenvalue weighted by molar-refractivity contribution is -0.393. The Balaban J connectivity index is 2.20. The molecule has 0 unspecified atom stereocenters. The van der Waals surface area contributed by atoms with Gasteiger partial charge >= 0.3 is 5.69 Å². The number of hydrogen-bond donors (Lipinski definition) is 1. The van der Waals surface area contributed by atoms with Gasteiger partial charge in [-0.3, -0.25) is 25.7 Å². The van der Waals surface area contributed by atoms with Crippen LogP contribution in [0, 0.1) is 23.8 Å². The molecule has 112 valence electrons. The van der Waals surface area contributed by atoms with E-state index in [2.05, 4.69) is 33.1 Å². The summed E-state index contributed by atoms with van der Waals surface area (Å²) in [5.41, 5.74) is 2.67. The maximum Gasteiger partial charge on any atom is 0.301 e. The van der Waals surface area contributed by atoms with E-state index in [9.17, 15) is 20.2 Å². The van der Waals surface area contributed by atoms with E-state index < -0.39 is 15.5 Å². The van der Waals surface area contributed by atoms with E-state index in [1.807, 2.05) is 24.3 Å². The Labute approximate surface area is 138 Å². The zero-order valence-electron chi connectivity index (χ0n) is 11.0. The summed E-state index contributed by atoms with van der Waals surface area (Å²) in [6, 6.07) is 10.8. The molecule has 0 aliphatic rings. The van der Waals surface area contributed by atoms with Crippen molar-refractivity contribution in [1.82, 2.24) is 0 Å². The Bertz CT molecular complexity index is 746. The molecule has 22 heavy (non-hydrogen) atoms. The first kappa shape index (κ1) is 15.8. The van der Waals surface area contributed by atoms with Gasteiger partial charge in [-0.1, -0.05) is 12.1 Å². The lowest BCUT2D eigenvalue weighted by atomic mass is 10.2. The van der Waals surface area contributed by atoms with Crippen molar-refractivity contribution in [3.05, 3.63) is 71.8 Å². The second kappa shape index (κ2) is 6.93. The molecule has 0 radical (unpaired) electrons. The molecule has 2 aromatic rings. The third kappa shape index (κ3) is 3.97. The second-order valence-corrected chi connectivity index (χ2v) is 5.38. The standard InChI is InChI=1S/C13H9IN4O4/c14-10-3-1-9(2-4-10)8-15-16-12-6-5-11(17(19)20)7-13(12)18(21)22/h1-8,16H/b15-8-. The maximum atomic E-state index is 11.0. The van der Waals surface area contributed by atoms with E-state index >= 15 is 0 Å². The normalized spacial score (nSPS) is 10.6. The van der Waals surface area contributed by atoms with Gasteiger partial charge in [-0.2, -0.15) is 5.10 Å². The average molecular weight is 412 g/mol. The minimum Gasteiger partial charge on any atom is -0.272 e. The lowest BCUT2D eigenvalue weighted by Crippen LogP contribution is -1.98. The summed E-state index contributed by atoms with van der Waals surface area (Å²) in [5.74, 6) is 0. The van der Waals surface area contributed by atoms with Crippen LogP contribution in [-0.2, 0) is 0 Å². The first-order valence-corrected chi connectivity index (χ1v) is 7.03. The third-order valence-electron chi connectivity index (χ3n) is 2.66. The van der Waals surface area contributed by atoms with E-state index in [0.29, 0.717) is 0 Å². The molecule has 0 heterocycles. The van der Waals surface area contributed by atoms with Crippen LogP contribution in [0.5, 0.6) is 0 Å². The largest absolute Gasteiger partial charge is 0.301 e. The number of nitro groups is 2. The molecule has 0 saturated carbocycles. The van der Waals surface area contributed by atoms with Crippen molar-refractivity contribution in [1.29, 1.82) is 0 Å². The number of hydrazone groups is 1. The number of nitrogens with one attached hydrogen (secondary N) is 1. The van der Waals surface area contributed by atoms with Crippen LogP contribution in [-0.4, -0.2) is 16.1 Å². The molecular formula is C13H9IN4O4. The maximum absolute atomic E-state index is 11.0. The Kier molecular flexibility index (Phi) is 4.99. The number of benzene rings is 2. The van der Waals surface area contributed by atoms with Gasteiger partial charge in [-0.05, 0) is 46.4 Å². The second-order valence-electron chi connectivity index (χ2n) is 4.14. The predicted octanol–water partition coefficient (Wildman–Crippen LogP) is 3.55. The number of hydrogen-bond acceptors (Lipinski definition) is 6. The SMILES string of the molecule is O=[N+]([O-])c1ccc(N/N=C\c2ccc(I)cc2)c([N+](=O)[O-])c1. The van der Waals surface area contributed by atoms with E-state index in [0.717, 1.165) is 15.2 Å². The Morgan fingerprint density at radius 2 is 1.73 bits per heavy atom. The molecule has 0 amide bonds. The van der Waals surface area contributed by atoms with E-state index in [-0.39, 0.29) is 11.4 Å². The summed E-state index contributed by atoms with van der Waals surface area (Å²) in [6.07, 6.45) is 1.50. The quantitative estimate of drug-likeness (QED) is 0.350. The minimum absolute atomic E-state index is 0.0809. The van der Waals surface area contributed by atoms with Crippen molar-refractivity contribution in [3.8, 4) is 0 Å². The topological polar surface area (TPSA) is 111 Å². The molecule has 8 nitrogen and oxygen atoms in total. The monoisotopic (exact) mass is 412 g/mol. The van der Waals surface area contributed by atoms with Crippen LogP contribution < -0.4 is 5.43 Å². The summed E-state index contributed by atoms with van der Waals surface area (Å²) in [6.45, 7) is 0. The van der Waals surface area contributed by atoms with E-state index in [1.165, 1.54) is 18.3 Å². The summed E-state index contributed by atoms with van der Waals surface area (Å²) >= 11 is 2.17. The number of halogens is 1. The van der Waals surface area contributed by atoms with Crippen molar-refractivity contribution in [2.24, 2.45) is 5.10 Å². The fourth-order valence-electron chi connectivity index (χ4n) is 1.60. The first-order chi connectivity index (χ1) is 10.5. The van der Waals surface area contributed by atoms with Crippen LogP contribution in [0.1, 0.15) is 5.56 Å². The van der Waals surface area contributed by atoms with Crippen LogP contribution in [0.25, 0.3) is 0 Å². The fraction of sp³-hybridized carbons (Fsp3) is 0.